The fourth-order valence-electron chi connectivity index (χ4n) is 3.29. The highest BCUT2D eigenvalue weighted by atomic mass is 35.5. The minimum absolute atomic E-state index is 0.0724. The van der Waals surface area contributed by atoms with Crippen molar-refractivity contribution in [3.63, 3.8) is 0 Å². The number of amides is 2. The van der Waals surface area contributed by atoms with Crippen LogP contribution in [0.5, 0.6) is 11.5 Å². The molecule has 28 heavy (non-hydrogen) atoms. The van der Waals surface area contributed by atoms with Crippen molar-refractivity contribution < 1.29 is 19.1 Å². The van der Waals surface area contributed by atoms with Gasteiger partial charge in [-0.25, -0.2) is 0 Å². The number of hydrogen-bond donors (Lipinski definition) is 1. The van der Waals surface area contributed by atoms with Crippen LogP contribution < -0.4 is 19.7 Å². The standard InChI is InChI=1S/C21H19ClN2O4/c22-15-12-14(13-18-21(15)28-11-10-27-18)7-8-19(25)23-16-4-1-2-5-17(16)24-9-3-6-20(24)26/h1-2,4-5,7-8,12-13H,3,6,9-11H2,(H,23,25). The number of para-hydroxylation sites is 2. The molecule has 0 atom stereocenters. The Morgan fingerprint density at radius 3 is 2.82 bits per heavy atom. The predicted molar refractivity (Wildman–Crippen MR) is 108 cm³/mol. The number of nitrogens with zero attached hydrogens (tertiary/aromatic N) is 1. The zero-order valence-electron chi connectivity index (χ0n) is 15.1. The van der Waals surface area contributed by atoms with E-state index in [9.17, 15) is 9.59 Å². The van der Waals surface area contributed by atoms with Gasteiger partial charge < -0.3 is 19.7 Å². The normalized spacial score (nSPS) is 15.9. The number of ether oxygens (including phenoxy) is 2. The third-order valence-electron chi connectivity index (χ3n) is 4.57. The zero-order valence-corrected chi connectivity index (χ0v) is 15.9. The first-order valence-electron chi connectivity index (χ1n) is 9.09. The minimum atomic E-state index is -0.301. The van der Waals surface area contributed by atoms with E-state index in [4.69, 9.17) is 21.1 Å². The first-order valence-corrected chi connectivity index (χ1v) is 9.47. The van der Waals surface area contributed by atoms with Crippen LogP contribution in [-0.4, -0.2) is 31.6 Å². The summed E-state index contributed by atoms with van der Waals surface area (Å²) in [4.78, 5) is 26.2. The Hall–Kier alpha value is -2.99. The fraction of sp³-hybridized carbons (Fsp3) is 0.238. The number of rotatable bonds is 4. The largest absolute Gasteiger partial charge is 0.486 e. The summed E-state index contributed by atoms with van der Waals surface area (Å²) in [6.45, 7) is 1.59. The molecule has 2 aliphatic heterocycles. The van der Waals surface area contributed by atoms with E-state index in [0.717, 1.165) is 12.0 Å². The molecule has 2 aromatic carbocycles. The summed E-state index contributed by atoms with van der Waals surface area (Å²) < 4.78 is 11.0. The number of fused-ring (bicyclic) bond motifs is 1. The lowest BCUT2D eigenvalue weighted by molar-refractivity contribution is -0.117. The molecular formula is C21H19ClN2O4. The van der Waals surface area contributed by atoms with Gasteiger partial charge in [0.15, 0.2) is 11.5 Å². The van der Waals surface area contributed by atoms with Gasteiger partial charge in [-0.3, -0.25) is 9.59 Å². The van der Waals surface area contributed by atoms with Gasteiger partial charge in [0.25, 0.3) is 0 Å². The van der Waals surface area contributed by atoms with Crippen molar-refractivity contribution in [3.8, 4) is 11.5 Å². The van der Waals surface area contributed by atoms with Gasteiger partial charge in [0.05, 0.1) is 16.4 Å². The van der Waals surface area contributed by atoms with Crippen LogP contribution in [0.3, 0.4) is 0 Å². The second-order valence-electron chi connectivity index (χ2n) is 6.52. The summed E-state index contributed by atoms with van der Waals surface area (Å²) in [7, 11) is 0. The molecule has 7 heteroatoms. The monoisotopic (exact) mass is 398 g/mol. The number of halogens is 1. The summed E-state index contributed by atoms with van der Waals surface area (Å²) >= 11 is 6.22. The molecule has 0 radical (unpaired) electrons. The van der Waals surface area contributed by atoms with E-state index in [0.29, 0.717) is 54.1 Å². The molecule has 2 heterocycles. The molecule has 2 amide bonds. The minimum Gasteiger partial charge on any atom is -0.486 e. The molecule has 144 valence electrons. The van der Waals surface area contributed by atoms with Crippen molar-refractivity contribution in [1.29, 1.82) is 0 Å². The van der Waals surface area contributed by atoms with Gasteiger partial charge in [-0.05, 0) is 42.3 Å². The van der Waals surface area contributed by atoms with E-state index < -0.39 is 0 Å². The molecule has 0 spiro atoms. The molecule has 0 aliphatic carbocycles. The molecule has 1 fully saturated rings. The van der Waals surface area contributed by atoms with E-state index in [1.807, 2.05) is 18.2 Å². The van der Waals surface area contributed by atoms with Crippen molar-refractivity contribution in [2.45, 2.75) is 12.8 Å². The van der Waals surface area contributed by atoms with Crippen LogP contribution in [0.2, 0.25) is 5.02 Å². The van der Waals surface area contributed by atoms with E-state index in [2.05, 4.69) is 5.32 Å². The van der Waals surface area contributed by atoms with Gasteiger partial charge in [-0.15, -0.1) is 0 Å². The summed E-state index contributed by atoms with van der Waals surface area (Å²) in [5.41, 5.74) is 2.05. The van der Waals surface area contributed by atoms with Gasteiger partial charge in [-0.1, -0.05) is 23.7 Å². The SMILES string of the molecule is O=C(C=Cc1cc(Cl)c2c(c1)OCCO2)Nc1ccccc1N1CCCC1=O. The Kier molecular flexibility index (Phi) is 5.21. The molecule has 4 rings (SSSR count). The fourth-order valence-corrected chi connectivity index (χ4v) is 3.56. The highest BCUT2D eigenvalue weighted by molar-refractivity contribution is 6.32. The first kappa shape index (κ1) is 18.4. The van der Waals surface area contributed by atoms with Crippen molar-refractivity contribution in [2.24, 2.45) is 0 Å². The third-order valence-corrected chi connectivity index (χ3v) is 4.85. The van der Waals surface area contributed by atoms with Crippen LogP contribution in [0.4, 0.5) is 11.4 Å². The molecule has 0 bridgehead atoms. The van der Waals surface area contributed by atoms with Crippen molar-refractivity contribution >= 4 is 40.9 Å². The molecule has 2 aliphatic rings. The average molecular weight is 399 g/mol. The Labute approximate surface area is 167 Å². The van der Waals surface area contributed by atoms with Crippen LogP contribution in [-0.2, 0) is 9.59 Å². The van der Waals surface area contributed by atoms with Gasteiger partial charge in [0, 0.05) is 19.0 Å². The first-order chi connectivity index (χ1) is 13.6. The Bertz CT molecular complexity index is 957. The smallest absolute Gasteiger partial charge is 0.248 e. The van der Waals surface area contributed by atoms with Crippen LogP contribution in [0.1, 0.15) is 18.4 Å². The summed E-state index contributed by atoms with van der Waals surface area (Å²) in [6, 6.07) is 10.8. The average Bonchev–Trinajstić information content (AvgIpc) is 3.13. The lowest BCUT2D eigenvalue weighted by Gasteiger charge is -2.20. The van der Waals surface area contributed by atoms with Crippen LogP contribution in [0, 0.1) is 0 Å². The van der Waals surface area contributed by atoms with Crippen LogP contribution in [0.25, 0.3) is 6.08 Å². The second kappa shape index (κ2) is 7.94. The van der Waals surface area contributed by atoms with Crippen molar-refractivity contribution in [3.05, 3.63) is 53.1 Å². The molecule has 2 aromatic rings. The summed E-state index contributed by atoms with van der Waals surface area (Å²) in [5, 5.41) is 3.29. The lowest BCUT2D eigenvalue weighted by Crippen LogP contribution is -2.25. The molecule has 0 aromatic heterocycles. The van der Waals surface area contributed by atoms with Crippen molar-refractivity contribution in [1.82, 2.24) is 0 Å². The van der Waals surface area contributed by atoms with Gasteiger partial charge in [0.1, 0.15) is 13.2 Å². The van der Waals surface area contributed by atoms with E-state index in [-0.39, 0.29) is 11.8 Å². The Morgan fingerprint density at radius 1 is 1.18 bits per heavy atom. The molecule has 0 saturated carbocycles. The Balaban J connectivity index is 1.50. The number of nitrogens with one attached hydrogen (secondary N) is 1. The molecular weight excluding hydrogens is 380 g/mol. The Morgan fingerprint density at radius 2 is 2.00 bits per heavy atom. The molecule has 1 N–H and O–H groups in total. The summed E-state index contributed by atoms with van der Waals surface area (Å²) in [5.74, 6) is 0.865. The van der Waals surface area contributed by atoms with E-state index in [1.165, 1.54) is 6.08 Å². The summed E-state index contributed by atoms with van der Waals surface area (Å²) in [6.07, 6.45) is 4.44. The topological polar surface area (TPSA) is 67.9 Å². The zero-order chi connectivity index (χ0) is 19.5. The molecule has 6 nitrogen and oxygen atoms in total. The highest BCUT2D eigenvalue weighted by Crippen LogP contribution is 2.38. The maximum Gasteiger partial charge on any atom is 0.248 e. The van der Waals surface area contributed by atoms with E-state index >= 15 is 0 Å². The second-order valence-corrected chi connectivity index (χ2v) is 6.92. The molecule has 0 unspecified atom stereocenters. The van der Waals surface area contributed by atoms with Crippen LogP contribution >= 0.6 is 11.6 Å². The van der Waals surface area contributed by atoms with Gasteiger partial charge in [0.2, 0.25) is 11.8 Å². The highest BCUT2D eigenvalue weighted by Gasteiger charge is 2.24. The maximum atomic E-state index is 12.4. The number of anilines is 2. The van der Waals surface area contributed by atoms with Crippen molar-refractivity contribution in [2.75, 3.05) is 30.0 Å². The predicted octanol–water partition coefficient (Wildman–Crippen LogP) is 3.89. The quantitative estimate of drug-likeness (QED) is 0.793. The van der Waals surface area contributed by atoms with Crippen LogP contribution in [0.15, 0.2) is 42.5 Å². The van der Waals surface area contributed by atoms with E-state index in [1.54, 1.807) is 29.2 Å². The number of benzene rings is 2. The molecule has 1 saturated heterocycles. The number of carbonyl (C=O) groups excluding carboxylic acids is 2. The van der Waals surface area contributed by atoms with Gasteiger partial charge >= 0.3 is 0 Å². The number of carbonyl (C=O) groups is 2. The van der Waals surface area contributed by atoms with Gasteiger partial charge in [-0.2, -0.15) is 0 Å². The maximum absolute atomic E-state index is 12.4. The number of hydrogen-bond acceptors (Lipinski definition) is 4. The lowest BCUT2D eigenvalue weighted by atomic mass is 10.1. The third kappa shape index (κ3) is 3.82.